The normalized spacial score (nSPS) is 12.0. The number of rotatable bonds is 2. The smallest absolute Gasteiger partial charge is 0.112 e. The van der Waals surface area contributed by atoms with E-state index in [-0.39, 0.29) is 5.41 Å². The second kappa shape index (κ2) is 5.56. The van der Waals surface area contributed by atoms with Crippen molar-refractivity contribution in [3.05, 3.63) is 60.0 Å². The van der Waals surface area contributed by atoms with E-state index in [4.69, 9.17) is 4.98 Å². The summed E-state index contributed by atoms with van der Waals surface area (Å²) in [5.74, 6) is 1.000. The highest BCUT2D eigenvalue weighted by Gasteiger charge is 2.23. The van der Waals surface area contributed by atoms with Gasteiger partial charge in [0, 0.05) is 44.4 Å². The SMILES string of the molecule is CC(C)(C)c1nc(-c2ccncc2)c(-c2csc3ccccc23)[nH]1. The molecule has 1 aromatic carbocycles. The van der Waals surface area contributed by atoms with Gasteiger partial charge in [-0.05, 0) is 18.2 Å². The zero-order chi connectivity index (χ0) is 16.7. The first-order valence-corrected chi connectivity index (χ1v) is 8.89. The molecule has 0 atom stereocenters. The fourth-order valence-electron chi connectivity index (χ4n) is 2.81. The van der Waals surface area contributed by atoms with Gasteiger partial charge in [0.25, 0.3) is 0 Å². The van der Waals surface area contributed by atoms with E-state index in [0.717, 1.165) is 22.8 Å². The number of thiophene rings is 1. The van der Waals surface area contributed by atoms with E-state index < -0.39 is 0 Å². The molecule has 4 rings (SSSR count). The molecule has 0 radical (unpaired) electrons. The minimum absolute atomic E-state index is 0.0359. The molecular weight excluding hydrogens is 314 g/mol. The van der Waals surface area contributed by atoms with Crippen molar-refractivity contribution in [1.82, 2.24) is 15.0 Å². The number of fused-ring (bicyclic) bond motifs is 1. The molecule has 0 unspecified atom stereocenters. The van der Waals surface area contributed by atoms with Gasteiger partial charge in [-0.1, -0.05) is 39.0 Å². The van der Waals surface area contributed by atoms with Gasteiger partial charge in [-0.3, -0.25) is 4.98 Å². The number of nitrogens with one attached hydrogen (secondary N) is 1. The van der Waals surface area contributed by atoms with Crippen molar-refractivity contribution in [3.8, 4) is 22.5 Å². The van der Waals surface area contributed by atoms with E-state index in [1.54, 1.807) is 11.3 Å². The fourth-order valence-corrected chi connectivity index (χ4v) is 3.77. The van der Waals surface area contributed by atoms with Gasteiger partial charge in [0.1, 0.15) is 5.82 Å². The molecule has 1 N–H and O–H groups in total. The van der Waals surface area contributed by atoms with Crippen molar-refractivity contribution in [3.63, 3.8) is 0 Å². The van der Waals surface area contributed by atoms with E-state index in [9.17, 15) is 0 Å². The number of hydrogen-bond acceptors (Lipinski definition) is 3. The summed E-state index contributed by atoms with van der Waals surface area (Å²) in [6, 6.07) is 12.5. The number of benzene rings is 1. The maximum Gasteiger partial charge on any atom is 0.112 e. The minimum atomic E-state index is -0.0359. The van der Waals surface area contributed by atoms with Gasteiger partial charge in [0.15, 0.2) is 0 Å². The molecule has 3 heterocycles. The molecule has 0 fully saturated rings. The lowest BCUT2D eigenvalue weighted by molar-refractivity contribution is 0.553. The van der Waals surface area contributed by atoms with Crippen molar-refractivity contribution in [2.24, 2.45) is 0 Å². The van der Waals surface area contributed by atoms with E-state index in [2.05, 4.69) is 60.4 Å². The Hall–Kier alpha value is -2.46. The van der Waals surface area contributed by atoms with Crippen LogP contribution in [0, 0.1) is 0 Å². The monoisotopic (exact) mass is 333 g/mol. The van der Waals surface area contributed by atoms with E-state index in [0.29, 0.717) is 0 Å². The van der Waals surface area contributed by atoms with Crippen LogP contribution in [0.15, 0.2) is 54.2 Å². The maximum atomic E-state index is 4.94. The molecular formula is C20H19N3S. The zero-order valence-corrected chi connectivity index (χ0v) is 14.8. The molecule has 3 nitrogen and oxygen atoms in total. The Balaban J connectivity index is 1.99. The lowest BCUT2D eigenvalue weighted by Crippen LogP contribution is -2.13. The summed E-state index contributed by atoms with van der Waals surface area (Å²) in [7, 11) is 0. The Kier molecular flexibility index (Phi) is 3.50. The Morgan fingerprint density at radius 3 is 2.50 bits per heavy atom. The highest BCUT2D eigenvalue weighted by Crippen LogP contribution is 2.39. The van der Waals surface area contributed by atoms with Gasteiger partial charge >= 0.3 is 0 Å². The van der Waals surface area contributed by atoms with Crippen molar-refractivity contribution in [1.29, 1.82) is 0 Å². The average Bonchev–Trinajstić information content (AvgIpc) is 3.19. The molecule has 0 amide bonds. The van der Waals surface area contributed by atoms with E-state index in [1.165, 1.54) is 15.6 Å². The van der Waals surface area contributed by atoms with Crippen LogP contribution in [0.25, 0.3) is 32.6 Å². The van der Waals surface area contributed by atoms with Crippen LogP contribution in [0.1, 0.15) is 26.6 Å². The van der Waals surface area contributed by atoms with Crippen LogP contribution in [0.5, 0.6) is 0 Å². The maximum absolute atomic E-state index is 4.94. The van der Waals surface area contributed by atoms with E-state index >= 15 is 0 Å². The summed E-state index contributed by atoms with van der Waals surface area (Å²) in [5, 5.41) is 3.48. The van der Waals surface area contributed by atoms with Crippen LogP contribution < -0.4 is 0 Å². The number of H-pyrrole nitrogens is 1. The molecule has 0 bridgehead atoms. The largest absolute Gasteiger partial charge is 0.341 e. The van der Waals surface area contributed by atoms with Crippen LogP contribution in [-0.4, -0.2) is 15.0 Å². The molecule has 0 aliphatic carbocycles. The fraction of sp³-hybridized carbons (Fsp3) is 0.200. The van der Waals surface area contributed by atoms with E-state index in [1.807, 2.05) is 24.5 Å². The highest BCUT2D eigenvalue weighted by atomic mass is 32.1. The zero-order valence-electron chi connectivity index (χ0n) is 14.0. The quantitative estimate of drug-likeness (QED) is 0.515. The van der Waals surface area contributed by atoms with Crippen LogP contribution in [-0.2, 0) is 5.41 Å². The second-order valence-corrected chi connectivity index (χ2v) is 7.85. The first-order chi connectivity index (χ1) is 11.5. The summed E-state index contributed by atoms with van der Waals surface area (Å²) in [5.41, 5.74) is 4.34. The first kappa shape index (κ1) is 15.1. The average molecular weight is 333 g/mol. The summed E-state index contributed by atoms with van der Waals surface area (Å²) < 4.78 is 1.29. The Morgan fingerprint density at radius 1 is 1.00 bits per heavy atom. The van der Waals surface area contributed by atoms with Gasteiger partial charge in [-0.2, -0.15) is 0 Å². The third-order valence-corrected chi connectivity index (χ3v) is 5.08. The lowest BCUT2D eigenvalue weighted by Gasteiger charge is -2.14. The molecule has 0 saturated heterocycles. The Labute approximate surface area is 145 Å². The third-order valence-electron chi connectivity index (χ3n) is 4.12. The van der Waals surface area contributed by atoms with Crippen molar-refractivity contribution in [2.45, 2.75) is 26.2 Å². The summed E-state index contributed by atoms with van der Waals surface area (Å²) in [4.78, 5) is 12.7. The molecule has 120 valence electrons. The Morgan fingerprint density at radius 2 is 1.75 bits per heavy atom. The predicted molar refractivity (Wildman–Crippen MR) is 101 cm³/mol. The van der Waals surface area contributed by atoms with Crippen LogP contribution in [0.2, 0.25) is 0 Å². The molecule has 0 aliphatic rings. The molecule has 24 heavy (non-hydrogen) atoms. The molecule has 0 saturated carbocycles. The standard InChI is InChI=1S/C20H19N3S/c1-20(2,3)19-22-17(13-8-10-21-11-9-13)18(23-19)15-12-24-16-7-5-4-6-14(15)16/h4-12H,1-3H3,(H,22,23). The van der Waals surface area contributed by atoms with Crippen molar-refractivity contribution in [2.75, 3.05) is 0 Å². The van der Waals surface area contributed by atoms with Crippen molar-refractivity contribution < 1.29 is 0 Å². The number of aromatic amines is 1. The summed E-state index contributed by atoms with van der Waals surface area (Å²) >= 11 is 1.77. The van der Waals surface area contributed by atoms with Gasteiger partial charge in [0.2, 0.25) is 0 Å². The van der Waals surface area contributed by atoms with Crippen LogP contribution >= 0.6 is 11.3 Å². The van der Waals surface area contributed by atoms with Gasteiger partial charge in [0.05, 0.1) is 11.4 Å². The topological polar surface area (TPSA) is 41.6 Å². The first-order valence-electron chi connectivity index (χ1n) is 8.01. The highest BCUT2D eigenvalue weighted by molar-refractivity contribution is 7.17. The predicted octanol–water partition coefficient (Wildman–Crippen LogP) is 5.65. The minimum Gasteiger partial charge on any atom is -0.341 e. The van der Waals surface area contributed by atoms with Gasteiger partial charge < -0.3 is 4.98 Å². The molecule has 3 aromatic heterocycles. The summed E-state index contributed by atoms with van der Waals surface area (Å²) in [6.45, 7) is 6.53. The molecule has 4 aromatic rings. The molecule has 0 aliphatic heterocycles. The molecule has 4 heteroatoms. The number of hydrogen-bond donors (Lipinski definition) is 1. The van der Waals surface area contributed by atoms with Gasteiger partial charge in [-0.25, -0.2) is 4.98 Å². The number of pyridine rings is 1. The van der Waals surface area contributed by atoms with Crippen LogP contribution in [0.4, 0.5) is 0 Å². The van der Waals surface area contributed by atoms with Crippen molar-refractivity contribution >= 4 is 21.4 Å². The lowest BCUT2D eigenvalue weighted by atomic mass is 9.96. The summed E-state index contributed by atoms with van der Waals surface area (Å²) in [6.07, 6.45) is 3.63. The van der Waals surface area contributed by atoms with Crippen LogP contribution in [0.3, 0.4) is 0 Å². The number of imidazole rings is 1. The second-order valence-electron chi connectivity index (χ2n) is 6.94. The Bertz CT molecular complexity index is 991. The number of aromatic nitrogens is 3. The number of nitrogens with zero attached hydrogens (tertiary/aromatic N) is 2. The van der Waals surface area contributed by atoms with Gasteiger partial charge in [-0.15, -0.1) is 11.3 Å². The third kappa shape index (κ3) is 2.53. The molecule has 0 spiro atoms.